The number of ether oxygens (including phenoxy) is 1. The van der Waals surface area contributed by atoms with Gasteiger partial charge in [-0.05, 0) is 55.7 Å². The number of anilines is 2. The Morgan fingerprint density at radius 3 is 2.64 bits per heavy atom. The van der Waals surface area contributed by atoms with E-state index >= 15 is 0 Å². The molecule has 5 heteroatoms. The highest BCUT2D eigenvalue weighted by Crippen LogP contribution is 2.37. The first kappa shape index (κ1) is 15.9. The Kier molecular flexibility index (Phi) is 4.29. The summed E-state index contributed by atoms with van der Waals surface area (Å²) in [4.78, 5) is 6.73. The van der Waals surface area contributed by atoms with Crippen LogP contribution in [0, 0.1) is 11.3 Å². The second-order valence-corrected chi connectivity index (χ2v) is 6.90. The van der Waals surface area contributed by atoms with Crippen molar-refractivity contribution in [2.24, 2.45) is 0 Å². The molecule has 1 aromatic carbocycles. The number of nitrogens with one attached hydrogen (secondary N) is 1. The first-order chi connectivity index (χ1) is 12.3. The molecule has 5 nitrogen and oxygen atoms in total. The van der Waals surface area contributed by atoms with E-state index in [1.807, 2.05) is 48.7 Å². The topological polar surface area (TPSA) is 61.2 Å². The summed E-state index contributed by atoms with van der Waals surface area (Å²) in [5.74, 6) is 0.920. The maximum atomic E-state index is 8.92. The summed E-state index contributed by atoms with van der Waals surface area (Å²) in [7, 11) is 0. The van der Waals surface area contributed by atoms with Gasteiger partial charge >= 0.3 is 0 Å². The van der Waals surface area contributed by atoms with Crippen molar-refractivity contribution in [3.05, 3.63) is 54.2 Å². The van der Waals surface area contributed by atoms with E-state index in [4.69, 9.17) is 10.00 Å². The molecule has 0 saturated carbocycles. The lowest BCUT2D eigenvalue weighted by Gasteiger charge is -2.39. The Bertz CT molecular complexity index is 746. The molecule has 3 heterocycles. The molecule has 0 aliphatic carbocycles. The fraction of sp³-hybridized carbons (Fsp3) is 0.400. The molecule has 1 unspecified atom stereocenters. The second-order valence-electron chi connectivity index (χ2n) is 6.90. The van der Waals surface area contributed by atoms with Crippen molar-refractivity contribution in [3.8, 4) is 6.07 Å². The fourth-order valence-electron chi connectivity index (χ4n) is 3.86. The number of hydrogen-bond donors (Lipinski definition) is 1. The van der Waals surface area contributed by atoms with Crippen LogP contribution in [0.5, 0.6) is 0 Å². The summed E-state index contributed by atoms with van der Waals surface area (Å²) in [6.07, 6.45) is 4.91. The lowest BCUT2D eigenvalue weighted by Crippen LogP contribution is -2.44. The van der Waals surface area contributed by atoms with Gasteiger partial charge in [0, 0.05) is 25.0 Å². The minimum atomic E-state index is -0.00442. The fourth-order valence-corrected chi connectivity index (χ4v) is 3.86. The van der Waals surface area contributed by atoms with Crippen LogP contribution in [0.2, 0.25) is 0 Å². The molecule has 4 rings (SSSR count). The molecule has 2 saturated heterocycles. The Balaban J connectivity index is 1.34. The molecule has 128 valence electrons. The van der Waals surface area contributed by atoms with Gasteiger partial charge in [0.05, 0.1) is 29.9 Å². The van der Waals surface area contributed by atoms with Crippen molar-refractivity contribution in [2.45, 2.75) is 30.9 Å². The molecule has 2 fully saturated rings. The zero-order valence-corrected chi connectivity index (χ0v) is 14.2. The van der Waals surface area contributed by atoms with E-state index in [1.165, 1.54) is 5.69 Å². The molecule has 1 atom stereocenters. The molecule has 1 spiro atoms. The number of rotatable bonds is 3. The number of aromatic nitrogens is 1. The molecule has 2 aliphatic rings. The normalized spacial score (nSPS) is 21.9. The lowest BCUT2D eigenvalue weighted by molar-refractivity contribution is -0.0147. The molecular weight excluding hydrogens is 312 g/mol. The van der Waals surface area contributed by atoms with Crippen LogP contribution in [0.3, 0.4) is 0 Å². The van der Waals surface area contributed by atoms with Crippen LogP contribution in [0.15, 0.2) is 48.7 Å². The van der Waals surface area contributed by atoms with E-state index in [-0.39, 0.29) is 5.60 Å². The molecule has 0 bridgehead atoms. The molecular formula is C20H22N4O. The Hall–Kier alpha value is -2.58. The molecule has 1 aromatic heterocycles. The van der Waals surface area contributed by atoms with Crippen LogP contribution in [-0.4, -0.2) is 36.3 Å². The lowest BCUT2D eigenvalue weighted by atomic mass is 9.87. The second kappa shape index (κ2) is 6.73. The highest BCUT2D eigenvalue weighted by Gasteiger charge is 2.42. The maximum Gasteiger partial charge on any atom is 0.126 e. The number of hydrogen-bond acceptors (Lipinski definition) is 5. The number of nitriles is 1. The highest BCUT2D eigenvalue weighted by atomic mass is 16.5. The van der Waals surface area contributed by atoms with Crippen LogP contribution in [0.25, 0.3) is 0 Å². The average molecular weight is 334 g/mol. The highest BCUT2D eigenvalue weighted by molar-refractivity contribution is 5.50. The SMILES string of the molecule is N#Cc1ccc(N2CCC3(CC2)CC(Nc2ccccn2)CO3)cc1. The summed E-state index contributed by atoms with van der Waals surface area (Å²) in [5, 5.41) is 12.4. The van der Waals surface area contributed by atoms with Gasteiger partial charge < -0.3 is 15.0 Å². The summed E-state index contributed by atoms with van der Waals surface area (Å²) in [6, 6.07) is 16.3. The van der Waals surface area contributed by atoms with Crippen LogP contribution in [0.1, 0.15) is 24.8 Å². The van der Waals surface area contributed by atoms with Gasteiger partial charge in [-0.2, -0.15) is 5.26 Å². The third-order valence-corrected chi connectivity index (χ3v) is 5.26. The van der Waals surface area contributed by atoms with E-state index in [1.54, 1.807) is 0 Å². The third-order valence-electron chi connectivity index (χ3n) is 5.26. The van der Waals surface area contributed by atoms with Gasteiger partial charge in [0.1, 0.15) is 5.82 Å². The summed E-state index contributed by atoms with van der Waals surface area (Å²) in [6.45, 7) is 2.72. The molecule has 0 radical (unpaired) electrons. The van der Waals surface area contributed by atoms with Crippen molar-refractivity contribution >= 4 is 11.5 Å². The molecule has 1 N–H and O–H groups in total. The van der Waals surface area contributed by atoms with Crippen LogP contribution in [0.4, 0.5) is 11.5 Å². The summed E-state index contributed by atoms with van der Waals surface area (Å²) in [5.41, 5.74) is 1.89. The minimum Gasteiger partial charge on any atom is -0.373 e. The number of piperidine rings is 1. The minimum absolute atomic E-state index is 0.00442. The van der Waals surface area contributed by atoms with Gasteiger partial charge in [-0.15, -0.1) is 0 Å². The van der Waals surface area contributed by atoms with Gasteiger partial charge in [0.15, 0.2) is 0 Å². The monoisotopic (exact) mass is 334 g/mol. The zero-order valence-electron chi connectivity index (χ0n) is 14.2. The summed E-state index contributed by atoms with van der Waals surface area (Å²) < 4.78 is 6.23. The third kappa shape index (κ3) is 3.45. The Morgan fingerprint density at radius 2 is 1.96 bits per heavy atom. The van der Waals surface area contributed by atoms with Gasteiger partial charge in [0.2, 0.25) is 0 Å². The molecule has 2 aliphatic heterocycles. The predicted octanol–water partition coefficient (Wildman–Crippen LogP) is 3.19. The zero-order chi connectivity index (χ0) is 17.1. The van der Waals surface area contributed by atoms with Gasteiger partial charge in [0.25, 0.3) is 0 Å². The average Bonchev–Trinajstić information content (AvgIpc) is 3.05. The van der Waals surface area contributed by atoms with Gasteiger partial charge in [-0.25, -0.2) is 4.98 Å². The van der Waals surface area contributed by atoms with E-state index < -0.39 is 0 Å². The van der Waals surface area contributed by atoms with E-state index in [2.05, 4.69) is 21.3 Å². The first-order valence-electron chi connectivity index (χ1n) is 8.83. The number of pyridine rings is 1. The standard InChI is InChI=1S/C20H22N4O/c21-14-16-4-6-18(7-5-16)24-11-8-20(9-12-24)13-17(15-25-20)23-19-3-1-2-10-22-19/h1-7,10,17H,8-9,11-13,15H2,(H,22,23). The largest absolute Gasteiger partial charge is 0.373 e. The van der Waals surface area contributed by atoms with Crippen molar-refractivity contribution in [3.63, 3.8) is 0 Å². The Morgan fingerprint density at radius 1 is 1.16 bits per heavy atom. The Labute approximate surface area is 148 Å². The van der Waals surface area contributed by atoms with E-state index in [0.29, 0.717) is 11.6 Å². The number of nitrogens with zero attached hydrogens (tertiary/aromatic N) is 3. The quantitative estimate of drug-likeness (QED) is 0.934. The van der Waals surface area contributed by atoms with E-state index in [0.717, 1.165) is 44.8 Å². The predicted molar refractivity (Wildman–Crippen MR) is 97.6 cm³/mol. The summed E-state index contributed by atoms with van der Waals surface area (Å²) >= 11 is 0. The molecule has 25 heavy (non-hydrogen) atoms. The first-order valence-corrected chi connectivity index (χ1v) is 8.83. The van der Waals surface area contributed by atoms with Gasteiger partial charge in [-0.3, -0.25) is 0 Å². The molecule has 0 amide bonds. The van der Waals surface area contributed by atoms with Crippen molar-refractivity contribution in [2.75, 3.05) is 29.9 Å². The van der Waals surface area contributed by atoms with Gasteiger partial charge in [-0.1, -0.05) is 6.07 Å². The van der Waals surface area contributed by atoms with Crippen LogP contribution < -0.4 is 10.2 Å². The smallest absolute Gasteiger partial charge is 0.126 e. The van der Waals surface area contributed by atoms with Crippen molar-refractivity contribution in [1.82, 2.24) is 4.98 Å². The van der Waals surface area contributed by atoms with Crippen molar-refractivity contribution < 1.29 is 4.74 Å². The van der Waals surface area contributed by atoms with Crippen molar-refractivity contribution in [1.29, 1.82) is 5.26 Å². The van der Waals surface area contributed by atoms with E-state index in [9.17, 15) is 0 Å². The number of benzene rings is 1. The van der Waals surface area contributed by atoms with Crippen LogP contribution in [-0.2, 0) is 4.74 Å². The maximum absolute atomic E-state index is 8.92. The van der Waals surface area contributed by atoms with Crippen LogP contribution >= 0.6 is 0 Å². The molecule has 2 aromatic rings.